The summed E-state index contributed by atoms with van der Waals surface area (Å²) in [6, 6.07) is 10.2. The molecule has 3 N–H and O–H groups in total. The van der Waals surface area contributed by atoms with Gasteiger partial charge < -0.3 is 15.5 Å². The van der Waals surface area contributed by atoms with Crippen LogP contribution in [-0.4, -0.2) is 56.2 Å². The standard InChI is InChI=1S/C26H33IN8/c1-3-6-22-18-24(34-33-22)31-26-30-23(10-9-20-7-4-8-21(27)17-20)29-25(32-26)28-13-5-14-35-15-11-19(2)12-16-35/h3-4,6-10,17-19H,5,11-16H2,1-2H3,(H3,28,29,30,31,32,33,34)/b6-3+,10-9+. The maximum atomic E-state index is 4.63. The number of nitrogens with zero attached hydrogens (tertiary/aromatic N) is 5. The van der Waals surface area contributed by atoms with Gasteiger partial charge in [-0.2, -0.15) is 20.1 Å². The Morgan fingerprint density at radius 2 is 1.91 bits per heavy atom. The second kappa shape index (κ2) is 12.8. The van der Waals surface area contributed by atoms with Crippen molar-refractivity contribution in [1.29, 1.82) is 0 Å². The fourth-order valence-electron chi connectivity index (χ4n) is 3.95. The molecule has 0 unspecified atom stereocenters. The van der Waals surface area contributed by atoms with Gasteiger partial charge in [-0.3, -0.25) is 5.10 Å². The Bertz CT molecular complexity index is 1150. The van der Waals surface area contributed by atoms with Gasteiger partial charge in [-0.1, -0.05) is 31.2 Å². The molecule has 8 nitrogen and oxygen atoms in total. The molecule has 4 rings (SSSR count). The van der Waals surface area contributed by atoms with Crippen LogP contribution in [0.1, 0.15) is 50.2 Å². The number of likely N-dealkylation sites (tertiary alicyclic amines) is 1. The van der Waals surface area contributed by atoms with Gasteiger partial charge in [0, 0.05) is 16.2 Å². The first-order valence-electron chi connectivity index (χ1n) is 12.2. The van der Waals surface area contributed by atoms with Crippen molar-refractivity contribution in [3.63, 3.8) is 0 Å². The molecule has 1 fully saturated rings. The highest BCUT2D eigenvalue weighted by Gasteiger charge is 2.15. The van der Waals surface area contributed by atoms with Crippen molar-refractivity contribution in [1.82, 2.24) is 30.0 Å². The molecule has 0 atom stereocenters. The normalized spacial score (nSPS) is 15.3. The monoisotopic (exact) mass is 584 g/mol. The van der Waals surface area contributed by atoms with Gasteiger partial charge in [0.05, 0.1) is 5.69 Å². The number of hydrogen-bond donors (Lipinski definition) is 3. The van der Waals surface area contributed by atoms with E-state index in [4.69, 9.17) is 0 Å². The quantitative estimate of drug-likeness (QED) is 0.209. The number of piperidine rings is 1. The molecule has 0 radical (unpaired) electrons. The van der Waals surface area contributed by atoms with E-state index in [1.54, 1.807) is 0 Å². The van der Waals surface area contributed by atoms with Gasteiger partial charge in [0.1, 0.15) is 0 Å². The van der Waals surface area contributed by atoms with Crippen LogP contribution in [0.15, 0.2) is 36.4 Å². The highest BCUT2D eigenvalue weighted by Crippen LogP contribution is 2.17. The largest absolute Gasteiger partial charge is 0.354 e. The molecule has 0 saturated carbocycles. The zero-order chi connectivity index (χ0) is 24.5. The van der Waals surface area contributed by atoms with Crippen molar-refractivity contribution in [3.05, 3.63) is 57.1 Å². The minimum atomic E-state index is 0.452. The minimum absolute atomic E-state index is 0.452. The number of aromatic amines is 1. The van der Waals surface area contributed by atoms with E-state index in [1.165, 1.54) is 29.5 Å². The van der Waals surface area contributed by atoms with Crippen LogP contribution < -0.4 is 10.6 Å². The second-order valence-corrected chi connectivity index (χ2v) is 10.1. The fourth-order valence-corrected chi connectivity index (χ4v) is 4.52. The van der Waals surface area contributed by atoms with Crippen LogP contribution in [0.4, 0.5) is 17.7 Å². The number of allylic oxidation sites excluding steroid dienone is 1. The first kappa shape index (κ1) is 25.3. The molecule has 184 valence electrons. The van der Waals surface area contributed by atoms with Crippen LogP contribution in [0.2, 0.25) is 0 Å². The lowest BCUT2D eigenvalue weighted by Gasteiger charge is -2.30. The predicted molar refractivity (Wildman–Crippen MR) is 152 cm³/mol. The number of rotatable bonds is 10. The molecule has 1 aliphatic heterocycles. The van der Waals surface area contributed by atoms with Crippen LogP contribution in [0, 0.1) is 9.49 Å². The van der Waals surface area contributed by atoms with E-state index < -0.39 is 0 Å². The van der Waals surface area contributed by atoms with Crippen LogP contribution in [0.3, 0.4) is 0 Å². The van der Waals surface area contributed by atoms with Gasteiger partial charge in [0.25, 0.3) is 0 Å². The van der Waals surface area contributed by atoms with Crippen molar-refractivity contribution in [2.75, 3.05) is 36.8 Å². The van der Waals surface area contributed by atoms with Crippen molar-refractivity contribution in [2.45, 2.75) is 33.1 Å². The van der Waals surface area contributed by atoms with Gasteiger partial charge in [-0.15, -0.1) is 0 Å². The van der Waals surface area contributed by atoms with Crippen molar-refractivity contribution < 1.29 is 0 Å². The minimum Gasteiger partial charge on any atom is -0.354 e. The van der Waals surface area contributed by atoms with E-state index in [9.17, 15) is 0 Å². The average Bonchev–Trinajstić information content (AvgIpc) is 3.28. The first-order valence-corrected chi connectivity index (χ1v) is 13.3. The summed E-state index contributed by atoms with van der Waals surface area (Å²) >= 11 is 2.31. The SMILES string of the molecule is C/C=C/c1cc(Nc2nc(/C=C/c3cccc(I)c3)nc(NCCCN3CCC(C)CC3)n2)n[nH]1. The third-order valence-corrected chi connectivity index (χ3v) is 6.59. The summed E-state index contributed by atoms with van der Waals surface area (Å²) < 4.78 is 1.18. The predicted octanol–water partition coefficient (Wildman–Crippen LogP) is 5.68. The number of aromatic nitrogens is 5. The van der Waals surface area contributed by atoms with E-state index in [0.29, 0.717) is 23.5 Å². The van der Waals surface area contributed by atoms with Crippen molar-refractivity contribution in [3.8, 4) is 0 Å². The Morgan fingerprint density at radius 3 is 2.71 bits per heavy atom. The summed E-state index contributed by atoms with van der Waals surface area (Å²) in [5, 5.41) is 13.9. The lowest BCUT2D eigenvalue weighted by molar-refractivity contribution is 0.192. The van der Waals surface area contributed by atoms with Crippen molar-refractivity contribution >= 4 is 58.5 Å². The number of halogens is 1. The molecule has 0 aliphatic carbocycles. The Labute approximate surface area is 220 Å². The van der Waals surface area contributed by atoms with E-state index in [2.05, 4.69) is 88.4 Å². The Kier molecular flexibility index (Phi) is 9.24. The van der Waals surface area contributed by atoms with E-state index in [-0.39, 0.29) is 0 Å². The lowest BCUT2D eigenvalue weighted by atomic mass is 9.99. The van der Waals surface area contributed by atoms with Crippen LogP contribution in [-0.2, 0) is 0 Å². The maximum absolute atomic E-state index is 4.63. The third-order valence-electron chi connectivity index (χ3n) is 5.92. The Hall–Kier alpha value is -2.79. The van der Waals surface area contributed by atoms with Crippen LogP contribution >= 0.6 is 22.6 Å². The molecule has 0 amide bonds. The lowest BCUT2D eigenvalue weighted by Crippen LogP contribution is -2.34. The zero-order valence-corrected chi connectivity index (χ0v) is 22.5. The molecule has 1 aromatic carbocycles. The highest BCUT2D eigenvalue weighted by molar-refractivity contribution is 14.1. The molecule has 0 bridgehead atoms. The molecular weight excluding hydrogens is 551 g/mol. The van der Waals surface area contributed by atoms with Gasteiger partial charge in [-0.25, -0.2) is 0 Å². The van der Waals surface area contributed by atoms with Gasteiger partial charge in [0.15, 0.2) is 11.6 Å². The van der Waals surface area contributed by atoms with E-state index in [0.717, 1.165) is 36.7 Å². The number of nitrogens with one attached hydrogen (secondary N) is 3. The molecule has 3 heterocycles. The number of benzene rings is 1. The molecule has 2 aromatic heterocycles. The van der Waals surface area contributed by atoms with Gasteiger partial charge in [0.2, 0.25) is 11.9 Å². The molecule has 1 aliphatic rings. The Morgan fingerprint density at radius 1 is 1.09 bits per heavy atom. The molecule has 35 heavy (non-hydrogen) atoms. The second-order valence-electron chi connectivity index (χ2n) is 8.87. The number of H-pyrrole nitrogens is 1. The molecule has 3 aromatic rings. The van der Waals surface area contributed by atoms with Gasteiger partial charge >= 0.3 is 0 Å². The Balaban J connectivity index is 1.44. The molecule has 0 spiro atoms. The number of anilines is 3. The maximum Gasteiger partial charge on any atom is 0.233 e. The number of hydrogen-bond acceptors (Lipinski definition) is 7. The third kappa shape index (κ3) is 8.14. The average molecular weight is 585 g/mol. The first-order chi connectivity index (χ1) is 17.1. The molecular formula is C26H33IN8. The summed E-state index contributed by atoms with van der Waals surface area (Å²) in [5.41, 5.74) is 2.01. The fraction of sp³-hybridized carbons (Fsp3) is 0.385. The summed E-state index contributed by atoms with van der Waals surface area (Å²) in [7, 11) is 0. The van der Waals surface area contributed by atoms with E-state index >= 15 is 0 Å². The zero-order valence-electron chi connectivity index (χ0n) is 20.3. The van der Waals surface area contributed by atoms with E-state index in [1.807, 2.05) is 43.4 Å². The summed E-state index contributed by atoms with van der Waals surface area (Å²) in [6.07, 6.45) is 11.5. The molecule has 1 saturated heterocycles. The molecule has 9 heteroatoms. The summed E-state index contributed by atoms with van der Waals surface area (Å²) in [5.74, 6) is 3.10. The van der Waals surface area contributed by atoms with Crippen LogP contribution in [0.25, 0.3) is 18.2 Å². The van der Waals surface area contributed by atoms with Crippen LogP contribution in [0.5, 0.6) is 0 Å². The summed E-state index contributed by atoms with van der Waals surface area (Å²) in [6.45, 7) is 8.62. The van der Waals surface area contributed by atoms with Gasteiger partial charge in [-0.05, 0) is 104 Å². The summed E-state index contributed by atoms with van der Waals surface area (Å²) in [4.78, 5) is 16.3. The topological polar surface area (TPSA) is 94.7 Å². The smallest absolute Gasteiger partial charge is 0.233 e. The highest BCUT2D eigenvalue weighted by atomic mass is 127. The van der Waals surface area contributed by atoms with Crippen molar-refractivity contribution in [2.24, 2.45) is 5.92 Å².